The molecule has 0 fully saturated rings. The Morgan fingerprint density at radius 2 is 2.04 bits per heavy atom. The van der Waals surface area contributed by atoms with Crippen molar-refractivity contribution < 1.29 is 4.79 Å². The number of anilines is 1. The summed E-state index contributed by atoms with van der Waals surface area (Å²) in [7, 11) is 0. The van der Waals surface area contributed by atoms with E-state index < -0.39 is 0 Å². The second kappa shape index (κ2) is 8.92. The number of nitrogens with zero attached hydrogens (tertiary/aromatic N) is 3. The molecule has 148 valence electrons. The predicted octanol–water partition coefficient (Wildman–Crippen LogP) is 5.50. The molecule has 3 rings (SSSR count). The van der Waals surface area contributed by atoms with Gasteiger partial charge < -0.3 is 9.88 Å². The first-order valence-corrected chi connectivity index (χ1v) is 11.3. The third kappa shape index (κ3) is 4.64. The van der Waals surface area contributed by atoms with Crippen molar-refractivity contribution in [1.29, 1.82) is 0 Å². The minimum Gasteiger partial charge on any atom is -0.325 e. The van der Waals surface area contributed by atoms with Crippen molar-refractivity contribution in [3.05, 3.63) is 45.6 Å². The smallest absolute Gasteiger partial charge is 0.234 e. The topological polar surface area (TPSA) is 59.8 Å². The molecule has 0 bridgehead atoms. The van der Waals surface area contributed by atoms with Crippen LogP contribution in [0.5, 0.6) is 0 Å². The lowest BCUT2D eigenvalue weighted by Gasteiger charge is -2.09. The third-order valence-electron chi connectivity index (χ3n) is 4.47. The number of benzene rings is 1. The normalized spacial score (nSPS) is 11.2. The van der Waals surface area contributed by atoms with E-state index in [0.717, 1.165) is 34.3 Å². The fourth-order valence-electron chi connectivity index (χ4n) is 2.94. The summed E-state index contributed by atoms with van der Waals surface area (Å²) in [4.78, 5) is 13.7. The number of carbonyl (C=O) groups is 1. The van der Waals surface area contributed by atoms with Gasteiger partial charge in [0.15, 0.2) is 11.0 Å². The van der Waals surface area contributed by atoms with E-state index in [9.17, 15) is 4.79 Å². The molecule has 0 saturated heterocycles. The average Bonchev–Trinajstić information content (AvgIpc) is 3.28. The number of carbonyl (C=O) groups excluding carboxylic acids is 1. The molecule has 0 atom stereocenters. The Morgan fingerprint density at radius 3 is 2.68 bits per heavy atom. The first-order valence-electron chi connectivity index (χ1n) is 9.41. The Hall–Kier alpha value is -2.12. The van der Waals surface area contributed by atoms with Crippen LogP contribution in [0.15, 0.2) is 34.8 Å². The molecule has 3 aromatic rings. The van der Waals surface area contributed by atoms with Crippen LogP contribution in [0.4, 0.5) is 5.69 Å². The van der Waals surface area contributed by atoms with E-state index in [-0.39, 0.29) is 5.91 Å². The zero-order valence-electron chi connectivity index (χ0n) is 16.9. The molecule has 0 saturated carbocycles. The second-order valence-electron chi connectivity index (χ2n) is 7.10. The van der Waals surface area contributed by atoms with Crippen LogP contribution in [0.25, 0.3) is 11.4 Å². The first kappa shape index (κ1) is 20.6. The van der Waals surface area contributed by atoms with E-state index in [4.69, 9.17) is 0 Å². The molecule has 0 unspecified atom stereocenters. The van der Waals surface area contributed by atoms with E-state index >= 15 is 0 Å². The molecule has 1 amide bonds. The molecule has 1 N–H and O–H groups in total. The molecule has 7 heteroatoms. The van der Waals surface area contributed by atoms with Crippen LogP contribution in [0.2, 0.25) is 0 Å². The van der Waals surface area contributed by atoms with Gasteiger partial charge >= 0.3 is 0 Å². The van der Waals surface area contributed by atoms with Crippen LogP contribution in [0.1, 0.15) is 42.7 Å². The molecule has 28 heavy (non-hydrogen) atoms. The molecule has 1 aromatic carbocycles. The summed E-state index contributed by atoms with van der Waals surface area (Å²) in [6, 6.07) is 8.20. The van der Waals surface area contributed by atoms with Gasteiger partial charge in [-0.25, -0.2) is 0 Å². The van der Waals surface area contributed by atoms with Crippen molar-refractivity contribution in [1.82, 2.24) is 14.8 Å². The maximum absolute atomic E-state index is 12.4. The Kier molecular flexibility index (Phi) is 6.57. The number of nitrogens with one attached hydrogen (secondary N) is 1. The standard InChI is InChI=1S/C21H26N4OS2/c1-6-25-20(16-10-18(13(2)3)27-11-16)23-24-21(25)28-12-19(26)22-17-8-7-14(4)9-15(17)5/h7-11,13H,6,12H2,1-5H3,(H,22,26). The van der Waals surface area contributed by atoms with Crippen LogP contribution in [-0.4, -0.2) is 26.4 Å². The molecule has 0 spiro atoms. The second-order valence-corrected chi connectivity index (χ2v) is 8.98. The van der Waals surface area contributed by atoms with Gasteiger partial charge in [-0.3, -0.25) is 4.79 Å². The summed E-state index contributed by atoms with van der Waals surface area (Å²) in [6.45, 7) is 11.3. The zero-order chi connectivity index (χ0) is 20.3. The summed E-state index contributed by atoms with van der Waals surface area (Å²) >= 11 is 3.17. The van der Waals surface area contributed by atoms with Gasteiger partial charge in [0.1, 0.15) is 0 Å². The van der Waals surface area contributed by atoms with Gasteiger partial charge in [-0.15, -0.1) is 21.5 Å². The molecular weight excluding hydrogens is 388 g/mol. The van der Waals surface area contributed by atoms with E-state index in [1.165, 1.54) is 22.2 Å². The number of thiophene rings is 1. The largest absolute Gasteiger partial charge is 0.325 e. The van der Waals surface area contributed by atoms with Gasteiger partial charge in [0, 0.05) is 28.1 Å². The number of amides is 1. The molecular formula is C21H26N4OS2. The van der Waals surface area contributed by atoms with E-state index in [2.05, 4.69) is 58.4 Å². The molecule has 2 aromatic heterocycles. The summed E-state index contributed by atoms with van der Waals surface area (Å²) in [5.74, 6) is 1.62. The number of thioether (sulfide) groups is 1. The summed E-state index contributed by atoms with van der Waals surface area (Å²) < 4.78 is 2.07. The Labute approximate surface area is 174 Å². The zero-order valence-corrected chi connectivity index (χ0v) is 18.6. The quantitative estimate of drug-likeness (QED) is 0.519. The SMILES string of the molecule is CCn1c(SCC(=O)Nc2ccc(C)cc2C)nnc1-c1csc(C(C)C)c1. The van der Waals surface area contributed by atoms with Gasteiger partial charge in [0.05, 0.1) is 5.75 Å². The minimum absolute atomic E-state index is 0.0400. The first-order chi connectivity index (χ1) is 13.4. The number of rotatable bonds is 7. The molecule has 0 aliphatic carbocycles. The van der Waals surface area contributed by atoms with Crippen molar-refractivity contribution in [2.24, 2.45) is 0 Å². The van der Waals surface area contributed by atoms with Crippen LogP contribution < -0.4 is 5.32 Å². The number of hydrogen-bond donors (Lipinski definition) is 1. The van der Waals surface area contributed by atoms with Crippen LogP contribution in [0.3, 0.4) is 0 Å². The Bertz CT molecular complexity index is 975. The van der Waals surface area contributed by atoms with Crippen molar-refractivity contribution in [3.63, 3.8) is 0 Å². The number of aromatic nitrogens is 3. The number of hydrogen-bond acceptors (Lipinski definition) is 5. The monoisotopic (exact) mass is 414 g/mol. The maximum Gasteiger partial charge on any atom is 0.234 e. The van der Waals surface area contributed by atoms with Crippen LogP contribution >= 0.6 is 23.1 Å². The van der Waals surface area contributed by atoms with Crippen molar-refractivity contribution >= 4 is 34.7 Å². The Morgan fingerprint density at radius 1 is 1.25 bits per heavy atom. The van der Waals surface area contributed by atoms with Gasteiger partial charge in [-0.1, -0.05) is 43.3 Å². The summed E-state index contributed by atoms with van der Waals surface area (Å²) in [6.07, 6.45) is 0. The Balaban J connectivity index is 1.69. The van der Waals surface area contributed by atoms with Crippen molar-refractivity contribution in [2.45, 2.75) is 52.2 Å². The van der Waals surface area contributed by atoms with Crippen LogP contribution in [0, 0.1) is 13.8 Å². The highest BCUT2D eigenvalue weighted by Gasteiger charge is 2.16. The average molecular weight is 415 g/mol. The van der Waals surface area contributed by atoms with Gasteiger partial charge in [0.25, 0.3) is 0 Å². The highest BCUT2D eigenvalue weighted by atomic mass is 32.2. The predicted molar refractivity (Wildman–Crippen MR) is 118 cm³/mol. The van der Waals surface area contributed by atoms with E-state index in [0.29, 0.717) is 11.7 Å². The molecule has 5 nitrogen and oxygen atoms in total. The molecule has 0 aliphatic heterocycles. The fraction of sp³-hybridized carbons (Fsp3) is 0.381. The van der Waals surface area contributed by atoms with Gasteiger partial charge in [0.2, 0.25) is 5.91 Å². The minimum atomic E-state index is -0.0400. The lowest BCUT2D eigenvalue weighted by atomic mass is 10.1. The van der Waals surface area contributed by atoms with E-state index in [1.54, 1.807) is 11.3 Å². The lowest BCUT2D eigenvalue weighted by molar-refractivity contribution is -0.113. The fourth-order valence-corrected chi connectivity index (χ4v) is 4.64. The van der Waals surface area contributed by atoms with Gasteiger partial charge in [-0.2, -0.15) is 0 Å². The number of aryl methyl sites for hydroxylation is 2. The highest BCUT2D eigenvalue weighted by Crippen LogP contribution is 2.31. The van der Waals surface area contributed by atoms with Crippen LogP contribution in [-0.2, 0) is 11.3 Å². The third-order valence-corrected chi connectivity index (χ3v) is 6.67. The molecule has 0 radical (unpaired) electrons. The van der Waals surface area contributed by atoms with Crippen molar-refractivity contribution in [3.8, 4) is 11.4 Å². The summed E-state index contributed by atoms with van der Waals surface area (Å²) in [5.41, 5.74) is 4.20. The highest BCUT2D eigenvalue weighted by molar-refractivity contribution is 7.99. The summed E-state index contributed by atoms with van der Waals surface area (Å²) in [5, 5.41) is 14.6. The van der Waals surface area contributed by atoms with Crippen molar-refractivity contribution in [2.75, 3.05) is 11.1 Å². The maximum atomic E-state index is 12.4. The molecule has 0 aliphatic rings. The van der Waals surface area contributed by atoms with Gasteiger partial charge in [-0.05, 0) is 44.4 Å². The molecule has 2 heterocycles. The van der Waals surface area contributed by atoms with E-state index in [1.807, 2.05) is 26.0 Å². The lowest BCUT2D eigenvalue weighted by Crippen LogP contribution is -2.15.